The molecule has 0 spiro atoms. The van der Waals surface area contributed by atoms with Crippen LogP contribution in [0.4, 0.5) is 5.69 Å². The molecule has 0 saturated carbocycles. The highest BCUT2D eigenvalue weighted by Gasteiger charge is 2.16. The van der Waals surface area contributed by atoms with Gasteiger partial charge in [0.2, 0.25) is 0 Å². The lowest BCUT2D eigenvalue weighted by molar-refractivity contribution is -0.139. The number of unbranched alkanes of at least 4 members (excludes halogenated alkanes) is 2. The number of nitrogens with two attached hydrogens (primary N) is 2. The van der Waals surface area contributed by atoms with Crippen molar-refractivity contribution in [3.63, 3.8) is 0 Å². The molecule has 8 heteroatoms. The molecule has 0 saturated heterocycles. The SMILES string of the molecule is NC(N)=Nc1cccc(CCCCCC(CC(=O)O)c2cccc(OCC(=O)O)c2)c1. The van der Waals surface area contributed by atoms with Crippen LogP contribution >= 0.6 is 0 Å². The standard InChI is InChI=1S/C23H29N3O5/c24-23(25)26-19-10-4-7-16(12-19)6-2-1-3-8-18(14-21(27)28)17-9-5-11-20(13-17)31-15-22(29)30/h4-5,7,9-13,18H,1-3,6,8,14-15H2,(H,27,28)(H,29,30)(H4,24,25,26). The van der Waals surface area contributed by atoms with Gasteiger partial charge in [0, 0.05) is 0 Å². The van der Waals surface area contributed by atoms with Gasteiger partial charge in [-0.25, -0.2) is 9.79 Å². The maximum absolute atomic E-state index is 11.3. The lowest BCUT2D eigenvalue weighted by atomic mass is 9.90. The third kappa shape index (κ3) is 9.20. The lowest BCUT2D eigenvalue weighted by Crippen LogP contribution is -2.21. The minimum atomic E-state index is -1.06. The summed E-state index contributed by atoms with van der Waals surface area (Å²) in [6.45, 7) is -0.433. The third-order valence-corrected chi connectivity index (χ3v) is 4.80. The fraction of sp³-hybridized carbons (Fsp3) is 0.348. The van der Waals surface area contributed by atoms with Crippen molar-refractivity contribution in [1.82, 2.24) is 0 Å². The van der Waals surface area contributed by atoms with Gasteiger partial charge in [0.25, 0.3) is 0 Å². The summed E-state index contributed by atoms with van der Waals surface area (Å²) in [6.07, 6.45) is 4.43. The van der Waals surface area contributed by atoms with Crippen LogP contribution in [-0.4, -0.2) is 34.7 Å². The highest BCUT2D eigenvalue weighted by Crippen LogP contribution is 2.29. The predicted octanol–water partition coefficient (Wildman–Crippen LogP) is 3.42. The minimum Gasteiger partial charge on any atom is -0.482 e. The zero-order valence-corrected chi connectivity index (χ0v) is 17.4. The van der Waals surface area contributed by atoms with Gasteiger partial charge in [0.05, 0.1) is 12.1 Å². The summed E-state index contributed by atoms with van der Waals surface area (Å²) >= 11 is 0. The molecule has 8 nitrogen and oxygen atoms in total. The molecule has 0 aromatic heterocycles. The number of hydrogen-bond donors (Lipinski definition) is 4. The van der Waals surface area contributed by atoms with E-state index in [9.17, 15) is 14.7 Å². The average Bonchev–Trinajstić information content (AvgIpc) is 2.71. The van der Waals surface area contributed by atoms with E-state index in [-0.39, 0.29) is 18.3 Å². The van der Waals surface area contributed by atoms with E-state index in [1.807, 2.05) is 30.3 Å². The molecule has 2 aromatic rings. The number of carboxylic acids is 2. The quantitative estimate of drug-likeness (QED) is 0.217. The van der Waals surface area contributed by atoms with Gasteiger partial charge >= 0.3 is 11.9 Å². The van der Waals surface area contributed by atoms with Crippen molar-refractivity contribution < 1.29 is 24.5 Å². The van der Waals surface area contributed by atoms with Gasteiger partial charge in [-0.05, 0) is 60.6 Å². The molecule has 0 aliphatic rings. The van der Waals surface area contributed by atoms with Crippen LogP contribution in [0.5, 0.6) is 5.75 Å². The van der Waals surface area contributed by atoms with Crippen LogP contribution in [0.25, 0.3) is 0 Å². The van der Waals surface area contributed by atoms with Gasteiger partial charge in [-0.15, -0.1) is 0 Å². The molecule has 6 N–H and O–H groups in total. The molecule has 0 aliphatic heterocycles. The van der Waals surface area contributed by atoms with E-state index in [0.29, 0.717) is 5.75 Å². The molecular formula is C23H29N3O5. The van der Waals surface area contributed by atoms with E-state index in [0.717, 1.165) is 48.9 Å². The lowest BCUT2D eigenvalue weighted by Gasteiger charge is -2.16. The zero-order chi connectivity index (χ0) is 22.6. The maximum Gasteiger partial charge on any atom is 0.341 e. The molecule has 0 fully saturated rings. The Hall–Kier alpha value is -3.55. The highest BCUT2D eigenvalue weighted by atomic mass is 16.5. The van der Waals surface area contributed by atoms with E-state index in [1.54, 1.807) is 18.2 Å². The first-order valence-corrected chi connectivity index (χ1v) is 10.2. The average molecular weight is 428 g/mol. The van der Waals surface area contributed by atoms with Crippen molar-refractivity contribution in [3.05, 3.63) is 59.7 Å². The normalized spacial score (nSPS) is 11.5. The van der Waals surface area contributed by atoms with Crippen molar-refractivity contribution in [1.29, 1.82) is 0 Å². The van der Waals surface area contributed by atoms with Crippen molar-refractivity contribution >= 4 is 23.6 Å². The van der Waals surface area contributed by atoms with E-state index >= 15 is 0 Å². The van der Waals surface area contributed by atoms with Gasteiger partial charge in [0.1, 0.15) is 5.75 Å². The molecular weight excluding hydrogens is 398 g/mol. The smallest absolute Gasteiger partial charge is 0.341 e. The van der Waals surface area contributed by atoms with Crippen LogP contribution in [-0.2, 0) is 16.0 Å². The van der Waals surface area contributed by atoms with Crippen LogP contribution in [0.2, 0.25) is 0 Å². The van der Waals surface area contributed by atoms with Crippen LogP contribution < -0.4 is 16.2 Å². The van der Waals surface area contributed by atoms with Crippen molar-refractivity contribution in [2.75, 3.05) is 6.61 Å². The van der Waals surface area contributed by atoms with Crippen LogP contribution in [0.15, 0.2) is 53.5 Å². The number of carboxylic acid groups (broad SMARTS) is 2. The number of aliphatic imine (C=N–C) groups is 1. The van der Waals surface area contributed by atoms with Gasteiger partial charge in [0.15, 0.2) is 12.6 Å². The van der Waals surface area contributed by atoms with Crippen LogP contribution in [0.3, 0.4) is 0 Å². The molecule has 2 aromatic carbocycles. The Morgan fingerprint density at radius 1 is 0.968 bits per heavy atom. The van der Waals surface area contributed by atoms with Crippen molar-refractivity contribution in [3.8, 4) is 5.75 Å². The van der Waals surface area contributed by atoms with E-state index in [4.69, 9.17) is 21.3 Å². The number of guanidine groups is 1. The number of rotatable bonds is 13. The summed E-state index contributed by atoms with van der Waals surface area (Å²) in [5.41, 5.74) is 13.5. The maximum atomic E-state index is 11.3. The monoisotopic (exact) mass is 427 g/mol. The first-order valence-electron chi connectivity index (χ1n) is 10.2. The second-order valence-electron chi connectivity index (χ2n) is 7.36. The summed E-state index contributed by atoms with van der Waals surface area (Å²) in [7, 11) is 0. The fourth-order valence-corrected chi connectivity index (χ4v) is 3.43. The molecule has 166 valence electrons. The van der Waals surface area contributed by atoms with Gasteiger partial charge in [-0.3, -0.25) is 4.79 Å². The first-order chi connectivity index (χ1) is 14.8. The number of aryl methyl sites for hydroxylation is 1. The van der Waals surface area contributed by atoms with Gasteiger partial charge in [-0.1, -0.05) is 37.1 Å². The number of carbonyl (C=O) groups is 2. The minimum absolute atomic E-state index is 0.0168. The topological polar surface area (TPSA) is 148 Å². The molecule has 1 unspecified atom stereocenters. The number of nitrogens with zero attached hydrogens (tertiary/aromatic N) is 1. The molecule has 0 aliphatic carbocycles. The largest absolute Gasteiger partial charge is 0.482 e. The highest BCUT2D eigenvalue weighted by molar-refractivity contribution is 5.79. The number of benzene rings is 2. The predicted molar refractivity (Wildman–Crippen MR) is 119 cm³/mol. The van der Waals surface area contributed by atoms with E-state index in [1.165, 1.54) is 0 Å². The molecule has 0 heterocycles. The molecule has 0 radical (unpaired) electrons. The molecule has 31 heavy (non-hydrogen) atoms. The Bertz CT molecular complexity index is 910. The Balaban J connectivity index is 1.88. The fourth-order valence-electron chi connectivity index (χ4n) is 3.43. The molecule has 1 atom stereocenters. The van der Waals surface area contributed by atoms with Crippen LogP contribution in [0.1, 0.15) is 49.1 Å². The van der Waals surface area contributed by atoms with Crippen molar-refractivity contribution in [2.45, 2.75) is 44.4 Å². The third-order valence-electron chi connectivity index (χ3n) is 4.80. The molecule has 0 bridgehead atoms. The Morgan fingerprint density at radius 3 is 2.45 bits per heavy atom. The van der Waals surface area contributed by atoms with Crippen LogP contribution in [0, 0.1) is 0 Å². The summed E-state index contributed by atoms with van der Waals surface area (Å²) < 4.78 is 5.22. The summed E-state index contributed by atoms with van der Waals surface area (Å²) in [5, 5.41) is 18.0. The number of aliphatic carboxylic acids is 2. The van der Waals surface area contributed by atoms with E-state index in [2.05, 4.69) is 4.99 Å². The van der Waals surface area contributed by atoms with Gasteiger partial charge in [-0.2, -0.15) is 0 Å². The first kappa shape index (κ1) is 23.7. The van der Waals surface area contributed by atoms with E-state index < -0.39 is 18.5 Å². The Morgan fingerprint density at radius 2 is 1.74 bits per heavy atom. The Kier molecular flexibility index (Phi) is 9.35. The molecule has 0 amide bonds. The summed E-state index contributed by atoms with van der Waals surface area (Å²) in [4.78, 5) is 26.1. The molecule has 2 rings (SSSR count). The second kappa shape index (κ2) is 12.2. The zero-order valence-electron chi connectivity index (χ0n) is 17.4. The van der Waals surface area contributed by atoms with Gasteiger partial charge < -0.3 is 26.4 Å². The summed E-state index contributed by atoms with van der Waals surface area (Å²) in [6, 6.07) is 14.7. The van der Waals surface area contributed by atoms with Crippen molar-refractivity contribution in [2.24, 2.45) is 16.5 Å². The number of ether oxygens (including phenoxy) is 1. The second-order valence-corrected chi connectivity index (χ2v) is 7.36. The Labute approximate surface area is 181 Å². The number of hydrogen-bond acceptors (Lipinski definition) is 4. The summed E-state index contributed by atoms with van der Waals surface area (Å²) in [5.74, 6) is -1.62.